The van der Waals surface area contributed by atoms with Gasteiger partial charge in [0.25, 0.3) is 0 Å². The number of hydrogen-bond acceptors (Lipinski definition) is 5. The molecule has 2 atom stereocenters. The quantitative estimate of drug-likeness (QED) is 0.851. The zero-order valence-corrected chi connectivity index (χ0v) is 13.6. The highest BCUT2D eigenvalue weighted by Crippen LogP contribution is 2.23. The van der Waals surface area contributed by atoms with Crippen molar-refractivity contribution in [3.63, 3.8) is 0 Å². The predicted octanol–water partition coefficient (Wildman–Crippen LogP) is 1.04. The fraction of sp³-hybridized carbons (Fsp3) is 0.562. The summed E-state index contributed by atoms with van der Waals surface area (Å²) in [5, 5.41) is 3.20. The summed E-state index contributed by atoms with van der Waals surface area (Å²) in [6, 6.07) is 5.45. The fourth-order valence-electron chi connectivity index (χ4n) is 2.65. The average molecular weight is 308 g/mol. The molecule has 6 nitrogen and oxygen atoms in total. The van der Waals surface area contributed by atoms with E-state index in [-0.39, 0.29) is 18.1 Å². The van der Waals surface area contributed by atoms with Crippen LogP contribution in [-0.2, 0) is 16.1 Å². The van der Waals surface area contributed by atoms with Crippen LogP contribution >= 0.6 is 0 Å². The van der Waals surface area contributed by atoms with Crippen LogP contribution in [0.5, 0.6) is 11.5 Å². The number of nitrogens with one attached hydrogen (secondary N) is 1. The second-order valence-corrected chi connectivity index (χ2v) is 5.47. The summed E-state index contributed by atoms with van der Waals surface area (Å²) in [7, 11) is 6.70. The van der Waals surface area contributed by atoms with Crippen molar-refractivity contribution in [3.05, 3.63) is 23.8 Å². The Morgan fingerprint density at radius 1 is 1.23 bits per heavy atom. The smallest absolute Gasteiger partial charge is 0.239 e. The second-order valence-electron chi connectivity index (χ2n) is 5.47. The van der Waals surface area contributed by atoms with Crippen molar-refractivity contribution in [2.24, 2.45) is 0 Å². The zero-order valence-electron chi connectivity index (χ0n) is 13.6. The van der Waals surface area contributed by atoms with Crippen molar-refractivity contribution in [2.45, 2.75) is 25.1 Å². The molecule has 0 radical (unpaired) electrons. The molecule has 1 fully saturated rings. The van der Waals surface area contributed by atoms with Gasteiger partial charge < -0.3 is 24.4 Å². The van der Waals surface area contributed by atoms with E-state index in [0.29, 0.717) is 31.0 Å². The first-order valence-corrected chi connectivity index (χ1v) is 7.30. The number of ether oxygens (including phenoxy) is 3. The molecule has 1 saturated heterocycles. The molecule has 1 aromatic rings. The highest BCUT2D eigenvalue weighted by Gasteiger charge is 2.31. The van der Waals surface area contributed by atoms with Crippen molar-refractivity contribution in [1.82, 2.24) is 10.2 Å². The van der Waals surface area contributed by atoms with Crippen LogP contribution < -0.4 is 14.8 Å². The van der Waals surface area contributed by atoms with Gasteiger partial charge in [-0.25, -0.2) is 0 Å². The van der Waals surface area contributed by atoms with E-state index in [9.17, 15) is 4.79 Å². The summed E-state index contributed by atoms with van der Waals surface area (Å²) in [4.78, 5) is 14.2. The van der Waals surface area contributed by atoms with Gasteiger partial charge in [0.1, 0.15) is 11.5 Å². The summed E-state index contributed by atoms with van der Waals surface area (Å²) in [5.74, 6) is 1.50. The molecular formula is C16H24N2O4. The summed E-state index contributed by atoms with van der Waals surface area (Å²) < 4.78 is 15.8. The van der Waals surface area contributed by atoms with Crippen molar-refractivity contribution < 1.29 is 19.0 Å². The lowest BCUT2D eigenvalue weighted by Gasteiger charge is -2.22. The molecule has 0 aromatic heterocycles. The molecule has 0 unspecified atom stereocenters. The van der Waals surface area contributed by atoms with Gasteiger partial charge in [-0.2, -0.15) is 0 Å². The van der Waals surface area contributed by atoms with Crippen LogP contribution in [0.3, 0.4) is 0 Å². The lowest BCUT2D eigenvalue weighted by molar-refractivity contribution is -0.132. The number of rotatable bonds is 6. The maximum absolute atomic E-state index is 12.5. The number of carbonyl (C=O) groups is 1. The van der Waals surface area contributed by atoms with Crippen LogP contribution in [0.4, 0.5) is 0 Å². The van der Waals surface area contributed by atoms with Crippen LogP contribution in [0.2, 0.25) is 0 Å². The lowest BCUT2D eigenvalue weighted by atomic mass is 10.1. The number of amides is 1. The molecule has 0 aliphatic carbocycles. The standard InChI is InChI=1S/C16H24N2O4/c1-18(16(19)15-8-14(22-4)9-17-15)10-11-5-12(20-2)7-13(6-11)21-3/h5-7,14-15,17H,8-10H2,1-4H3/t14-,15-/m0/s1. The molecule has 2 rings (SSSR count). The van der Waals surface area contributed by atoms with Gasteiger partial charge in [-0.1, -0.05) is 0 Å². The van der Waals surface area contributed by atoms with Crippen LogP contribution in [0.25, 0.3) is 0 Å². The summed E-state index contributed by atoms with van der Waals surface area (Å²) in [6.45, 7) is 1.22. The third kappa shape index (κ3) is 3.90. The molecule has 122 valence electrons. The molecule has 1 amide bonds. The number of hydrogen-bond donors (Lipinski definition) is 1. The molecule has 0 bridgehead atoms. The highest BCUT2D eigenvalue weighted by molar-refractivity contribution is 5.82. The molecule has 1 aromatic carbocycles. The minimum Gasteiger partial charge on any atom is -0.497 e. The van der Waals surface area contributed by atoms with E-state index in [0.717, 1.165) is 5.56 Å². The van der Waals surface area contributed by atoms with E-state index in [2.05, 4.69) is 5.32 Å². The lowest BCUT2D eigenvalue weighted by Crippen LogP contribution is -2.41. The first kappa shape index (κ1) is 16.6. The molecule has 0 spiro atoms. The molecule has 0 saturated carbocycles. The van der Waals surface area contributed by atoms with Crippen LogP contribution in [0, 0.1) is 0 Å². The Hall–Kier alpha value is -1.79. The molecule has 1 aliphatic rings. The number of likely N-dealkylation sites (N-methyl/N-ethyl adjacent to an activating group) is 1. The van der Waals surface area contributed by atoms with Crippen LogP contribution in [0.15, 0.2) is 18.2 Å². The van der Waals surface area contributed by atoms with Crippen molar-refractivity contribution >= 4 is 5.91 Å². The monoisotopic (exact) mass is 308 g/mol. The zero-order chi connectivity index (χ0) is 16.1. The maximum Gasteiger partial charge on any atom is 0.239 e. The van der Waals surface area contributed by atoms with Crippen LogP contribution in [0.1, 0.15) is 12.0 Å². The molecule has 1 aliphatic heterocycles. The third-order valence-corrected chi connectivity index (χ3v) is 3.93. The van der Waals surface area contributed by atoms with E-state index in [1.165, 1.54) is 0 Å². The maximum atomic E-state index is 12.5. The van der Waals surface area contributed by atoms with Crippen molar-refractivity contribution in [2.75, 3.05) is 34.9 Å². The van der Waals surface area contributed by atoms with Gasteiger partial charge in [-0.15, -0.1) is 0 Å². The fourth-order valence-corrected chi connectivity index (χ4v) is 2.65. The van der Waals surface area contributed by atoms with E-state index in [1.807, 2.05) is 18.2 Å². The van der Waals surface area contributed by atoms with E-state index in [1.54, 1.807) is 33.3 Å². The number of carbonyl (C=O) groups excluding carboxylic acids is 1. The Morgan fingerprint density at radius 3 is 2.36 bits per heavy atom. The second kappa shape index (κ2) is 7.47. The molecule has 6 heteroatoms. The Morgan fingerprint density at radius 2 is 1.86 bits per heavy atom. The predicted molar refractivity (Wildman–Crippen MR) is 83.2 cm³/mol. The van der Waals surface area contributed by atoms with E-state index in [4.69, 9.17) is 14.2 Å². The Bertz CT molecular complexity index is 499. The number of methoxy groups -OCH3 is 3. The minimum absolute atomic E-state index is 0.0707. The largest absolute Gasteiger partial charge is 0.497 e. The summed E-state index contributed by atoms with van der Waals surface area (Å²) in [6.07, 6.45) is 0.820. The topological polar surface area (TPSA) is 60.0 Å². The van der Waals surface area contributed by atoms with Gasteiger partial charge in [0.05, 0.1) is 26.4 Å². The molecular weight excluding hydrogens is 284 g/mol. The van der Waals surface area contributed by atoms with Gasteiger partial charge in [0.2, 0.25) is 5.91 Å². The van der Waals surface area contributed by atoms with Gasteiger partial charge >= 0.3 is 0 Å². The first-order valence-electron chi connectivity index (χ1n) is 7.30. The van der Waals surface area contributed by atoms with Crippen molar-refractivity contribution in [1.29, 1.82) is 0 Å². The molecule has 22 heavy (non-hydrogen) atoms. The Labute approximate surface area is 131 Å². The summed E-state index contributed by atoms with van der Waals surface area (Å²) >= 11 is 0. The van der Waals surface area contributed by atoms with E-state index < -0.39 is 0 Å². The number of nitrogens with zero attached hydrogens (tertiary/aromatic N) is 1. The van der Waals surface area contributed by atoms with Crippen molar-refractivity contribution in [3.8, 4) is 11.5 Å². The SMILES string of the molecule is COc1cc(CN(C)C(=O)[C@@H]2C[C@H](OC)CN2)cc(OC)c1. The van der Waals surface area contributed by atoms with Gasteiger partial charge in [-0.05, 0) is 24.1 Å². The average Bonchev–Trinajstić information content (AvgIpc) is 3.02. The van der Waals surface area contributed by atoms with E-state index >= 15 is 0 Å². The molecule has 1 N–H and O–H groups in total. The first-order chi connectivity index (χ1) is 10.6. The van der Waals surface area contributed by atoms with Gasteiger partial charge in [0, 0.05) is 33.3 Å². The van der Waals surface area contributed by atoms with Crippen LogP contribution in [-0.4, -0.2) is 57.9 Å². The number of benzene rings is 1. The minimum atomic E-state index is -0.178. The molecule has 1 heterocycles. The Kier molecular flexibility index (Phi) is 5.63. The Balaban J connectivity index is 2.02. The van der Waals surface area contributed by atoms with Gasteiger partial charge in [0.15, 0.2) is 0 Å². The van der Waals surface area contributed by atoms with Gasteiger partial charge in [-0.3, -0.25) is 4.79 Å². The third-order valence-electron chi connectivity index (χ3n) is 3.93. The highest BCUT2D eigenvalue weighted by atomic mass is 16.5. The summed E-state index contributed by atoms with van der Waals surface area (Å²) in [5.41, 5.74) is 0.966. The normalized spacial score (nSPS) is 20.7.